The fourth-order valence-electron chi connectivity index (χ4n) is 1.70. The Balaban J connectivity index is 2.11. The van der Waals surface area contributed by atoms with E-state index in [9.17, 15) is 13.5 Å². The number of likely N-dealkylation sites (N-methyl/N-ethyl adjacent to an activating group) is 1. The van der Waals surface area contributed by atoms with Crippen LogP contribution in [0.25, 0.3) is 0 Å². The number of aliphatic hydroxyl groups is 1. The molecule has 0 aliphatic rings. The minimum atomic E-state index is -3.54. The van der Waals surface area contributed by atoms with Gasteiger partial charge in [0.1, 0.15) is 4.21 Å². The van der Waals surface area contributed by atoms with Crippen LogP contribution in [0.3, 0.4) is 0 Å². The summed E-state index contributed by atoms with van der Waals surface area (Å²) in [6, 6.07) is 9.91. The lowest BCUT2D eigenvalue weighted by Crippen LogP contribution is -2.30. The Labute approximate surface area is 127 Å². The SMILES string of the molecule is CN(CC(O)c1ccc(Cl)cc1)S(=O)(=O)c1cccs1. The Morgan fingerprint density at radius 3 is 2.50 bits per heavy atom. The number of sulfonamides is 1. The lowest BCUT2D eigenvalue weighted by atomic mass is 10.1. The number of aliphatic hydroxyl groups excluding tert-OH is 1. The third kappa shape index (κ3) is 3.39. The molecule has 1 atom stereocenters. The van der Waals surface area contributed by atoms with Crippen LogP contribution < -0.4 is 0 Å². The average molecular weight is 332 g/mol. The molecule has 1 aromatic carbocycles. The highest BCUT2D eigenvalue weighted by molar-refractivity contribution is 7.91. The molecule has 20 heavy (non-hydrogen) atoms. The van der Waals surface area contributed by atoms with Crippen LogP contribution in [-0.4, -0.2) is 31.4 Å². The second-order valence-corrected chi connectivity index (χ2v) is 7.94. The molecule has 108 valence electrons. The lowest BCUT2D eigenvalue weighted by molar-refractivity contribution is 0.155. The molecule has 0 fully saturated rings. The number of halogens is 1. The van der Waals surface area contributed by atoms with E-state index < -0.39 is 16.1 Å². The zero-order valence-corrected chi connectivity index (χ0v) is 13.1. The molecule has 1 unspecified atom stereocenters. The van der Waals surface area contributed by atoms with Gasteiger partial charge in [-0.2, -0.15) is 4.31 Å². The summed E-state index contributed by atoms with van der Waals surface area (Å²) in [5.74, 6) is 0. The van der Waals surface area contributed by atoms with Crippen molar-refractivity contribution in [3.05, 3.63) is 52.4 Å². The molecule has 0 aliphatic carbocycles. The van der Waals surface area contributed by atoms with E-state index in [4.69, 9.17) is 11.6 Å². The van der Waals surface area contributed by atoms with Crippen LogP contribution in [0, 0.1) is 0 Å². The van der Waals surface area contributed by atoms with E-state index in [0.29, 0.717) is 10.6 Å². The van der Waals surface area contributed by atoms with Gasteiger partial charge >= 0.3 is 0 Å². The second kappa shape index (κ2) is 6.24. The lowest BCUT2D eigenvalue weighted by Gasteiger charge is -2.20. The molecule has 2 rings (SSSR count). The zero-order valence-electron chi connectivity index (χ0n) is 10.7. The summed E-state index contributed by atoms with van der Waals surface area (Å²) in [5, 5.41) is 12.4. The molecule has 0 saturated heterocycles. The first kappa shape index (κ1) is 15.5. The largest absolute Gasteiger partial charge is 0.387 e. The van der Waals surface area contributed by atoms with Crippen LogP contribution in [0.2, 0.25) is 5.02 Å². The summed E-state index contributed by atoms with van der Waals surface area (Å²) >= 11 is 6.93. The highest BCUT2D eigenvalue weighted by Crippen LogP contribution is 2.23. The summed E-state index contributed by atoms with van der Waals surface area (Å²) in [7, 11) is -2.09. The van der Waals surface area contributed by atoms with Gasteiger partial charge in [-0.1, -0.05) is 29.8 Å². The molecule has 1 aromatic heterocycles. The van der Waals surface area contributed by atoms with Crippen molar-refractivity contribution in [2.75, 3.05) is 13.6 Å². The topological polar surface area (TPSA) is 57.6 Å². The van der Waals surface area contributed by atoms with Crippen LogP contribution >= 0.6 is 22.9 Å². The summed E-state index contributed by atoms with van der Waals surface area (Å²) in [6.45, 7) is -0.0120. The third-order valence-corrected chi connectivity index (χ3v) is 6.29. The first-order chi connectivity index (χ1) is 9.41. The van der Waals surface area contributed by atoms with Gasteiger partial charge in [-0.15, -0.1) is 11.3 Å². The van der Waals surface area contributed by atoms with Crippen LogP contribution in [0.1, 0.15) is 11.7 Å². The minimum absolute atomic E-state index is 0.0120. The van der Waals surface area contributed by atoms with Gasteiger partial charge < -0.3 is 5.11 Å². The van der Waals surface area contributed by atoms with E-state index >= 15 is 0 Å². The standard InChI is InChI=1S/C13H14ClNO3S2/c1-15(20(17,18)13-3-2-8-19-13)9-12(16)10-4-6-11(14)7-5-10/h2-8,12,16H,9H2,1H3. The van der Waals surface area contributed by atoms with Gasteiger partial charge in [0.2, 0.25) is 0 Å². The van der Waals surface area contributed by atoms with Gasteiger partial charge in [0.15, 0.2) is 0 Å². The first-order valence-corrected chi connectivity index (χ1v) is 8.54. The van der Waals surface area contributed by atoms with Gasteiger partial charge in [0, 0.05) is 18.6 Å². The van der Waals surface area contributed by atoms with Crippen molar-refractivity contribution in [1.82, 2.24) is 4.31 Å². The van der Waals surface area contributed by atoms with Crippen LogP contribution in [0.5, 0.6) is 0 Å². The number of hydrogen-bond donors (Lipinski definition) is 1. The highest BCUT2D eigenvalue weighted by atomic mass is 35.5. The van der Waals surface area contributed by atoms with Gasteiger partial charge in [-0.05, 0) is 29.1 Å². The Kier molecular flexibility index (Phi) is 4.82. The Bertz CT molecular complexity index is 653. The maximum absolute atomic E-state index is 12.2. The quantitative estimate of drug-likeness (QED) is 0.916. The van der Waals surface area contributed by atoms with Crippen molar-refractivity contribution in [2.45, 2.75) is 10.3 Å². The molecule has 0 bridgehead atoms. The van der Waals surface area contributed by atoms with Crippen molar-refractivity contribution in [1.29, 1.82) is 0 Å². The van der Waals surface area contributed by atoms with Gasteiger partial charge in [-0.25, -0.2) is 8.42 Å². The summed E-state index contributed by atoms with van der Waals surface area (Å²) in [6.07, 6.45) is -0.896. The Morgan fingerprint density at radius 1 is 1.30 bits per heavy atom. The van der Waals surface area contributed by atoms with Crippen molar-refractivity contribution >= 4 is 33.0 Å². The number of nitrogens with zero attached hydrogens (tertiary/aromatic N) is 1. The molecule has 0 saturated carbocycles. The van der Waals surface area contributed by atoms with Crippen LogP contribution in [0.15, 0.2) is 46.0 Å². The number of benzene rings is 1. The van der Waals surface area contributed by atoms with Crippen LogP contribution in [-0.2, 0) is 10.0 Å². The Hall–Kier alpha value is -0.920. The monoisotopic (exact) mass is 331 g/mol. The third-order valence-electron chi connectivity index (χ3n) is 2.84. The smallest absolute Gasteiger partial charge is 0.252 e. The van der Waals surface area contributed by atoms with Gasteiger partial charge in [0.25, 0.3) is 10.0 Å². The normalized spacial score (nSPS) is 13.6. The predicted octanol–water partition coefficient (Wildman–Crippen LogP) is 2.76. The molecule has 1 heterocycles. The summed E-state index contributed by atoms with van der Waals surface area (Å²) < 4.78 is 25.9. The zero-order chi connectivity index (χ0) is 14.8. The van der Waals surface area contributed by atoms with Crippen molar-refractivity contribution < 1.29 is 13.5 Å². The van der Waals surface area contributed by atoms with Crippen molar-refractivity contribution in [3.8, 4) is 0 Å². The van der Waals surface area contributed by atoms with E-state index in [1.165, 1.54) is 7.05 Å². The molecule has 4 nitrogen and oxygen atoms in total. The molecule has 7 heteroatoms. The predicted molar refractivity (Wildman–Crippen MR) is 80.5 cm³/mol. The molecule has 1 N–H and O–H groups in total. The first-order valence-electron chi connectivity index (χ1n) is 5.84. The molecular weight excluding hydrogens is 318 g/mol. The van der Waals surface area contributed by atoms with Crippen LogP contribution in [0.4, 0.5) is 0 Å². The number of rotatable bonds is 5. The molecule has 2 aromatic rings. The fourth-order valence-corrected chi connectivity index (χ4v) is 4.20. The van der Waals surface area contributed by atoms with Crippen molar-refractivity contribution in [2.24, 2.45) is 0 Å². The summed E-state index contributed by atoms with van der Waals surface area (Å²) in [5.41, 5.74) is 0.627. The van der Waals surface area contributed by atoms with Gasteiger partial charge in [0.05, 0.1) is 6.10 Å². The van der Waals surface area contributed by atoms with E-state index in [2.05, 4.69) is 0 Å². The van der Waals surface area contributed by atoms with E-state index in [-0.39, 0.29) is 10.8 Å². The summed E-state index contributed by atoms with van der Waals surface area (Å²) in [4.78, 5) is 0. The number of thiophene rings is 1. The minimum Gasteiger partial charge on any atom is -0.387 e. The molecular formula is C13H14ClNO3S2. The average Bonchev–Trinajstić information content (AvgIpc) is 2.93. The number of hydrogen-bond acceptors (Lipinski definition) is 4. The van der Waals surface area contributed by atoms with E-state index in [1.54, 1.807) is 41.8 Å². The van der Waals surface area contributed by atoms with E-state index in [1.807, 2.05) is 0 Å². The highest BCUT2D eigenvalue weighted by Gasteiger charge is 2.24. The van der Waals surface area contributed by atoms with Gasteiger partial charge in [-0.3, -0.25) is 0 Å². The van der Waals surface area contributed by atoms with Crippen molar-refractivity contribution in [3.63, 3.8) is 0 Å². The van der Waals surface area contributed by atoms with E-state index in [0.717, 1.165) is 15.6 Å². The maximum Gasteiger partial charge on any atom is 0.252 e. The second-order valence-electron chi connectivity index (χ2n) is 4.28. The molecule has 0 radical (unpaired) electrons. The fraction of sp³-hybridized carbons (Fsp3) is 0.231. The maximum atomic E-state index is 12.2. The Morgan fingerprint density at radius 2 is 1.95 bits per heavy atom. The molecule has 0 aliphatic heterocycles. The molecule has 0 spiro atoms. The molecule has 0 amide bonds.